The summed E-state index contributed by atoms with van der Waals surface area (Å²) in [5, 5.41) is 2.24. The van der Waals surface area contributed by atoms with Crippen LogP contribution in [0.25, 0.3) is 10.8 Å². The van der Waals surface area contributed by atoms with Crippen molar-refractivity contribution in [3.05, 3.63) is 42.5 Å². The number of hydrogen-bond donors (Lipinski definition) is 2. The highest BCUT2D eigenvalue weighted by Gasteiger charge is 2.47. The highest BCUT2D eigenvalue weighted by atomic mass is 16.5. The Morgan fingerprint density at radius 2 is 1.90 bits per heavy atom. The molecule has 4 heteroatoms. The second-order valence-electron chi connectivity index (χ2n) is 5.48. The Hall–Kier alpha value is -2.07. The molecule has 1 fully saturated rings. The lowest BCUT2D eigenvalue weighted by Crippen LogP contribution is -2.58. The summed E-state index contributed by atoms with van der Waals surface area (Å²) < 4.78 is 5.72. The molecule has 20 heavy (non-hydrogen) atoms. The Morgan fingerprint density at radius 3 is 2.55 bits per heavy atom. The SMILES string of the molecule is NC(=O)C(N)(COc1ccc2ccccc2c1)C1CC1. The maximum atomic E-state index is 11.6. The fourth-order valence-corrected chi connectivity index (χ4v) is 2.45. The Bertz CT molecular complexity index is 652. The third-order valence-corrected chi connectivity index (χ3v) is 3.96. The summed E-state index contributed by atoms with van der Waals surface area (Å²) in [7, 11) is 0. The molecule has 0 saturated heterocycles. The smallest absolute Gasteiger partial charge is 0.241 e. The van der Waals surface area contributed by atoms with Crippen LogP contribution in [0.1, 0.15) is 12.8 Å². The summed E-state index contributed by atoms with van der Waals surface area (Å²) in [5.41, 5.74) is 10.5. The van der Waals surface area contributed by atoms with Crippen molar-refractivity contribution < 1.29 is 9.53 Å². The first-order chi connectivity index (χ1) is 9.59. The number of nitrogens with two attached hydrogens (primary N) is 2. The Morgan fingerprint density at radius 1 is 1.20 bits per heavy atom. The molecule has 0 spiro atoms. The van der Waals surface area contributed by atoms with Gasteiger partial charge in [0.1, 0.15) is 17.9 Å². The second kappa shape index (κ2) is 4.80. The van der Waals surface area contributed by atoms with Gasteiger partial charge in [-0.2, -0.15) is 0 Å². The van der Waals surface area contributed by atoms with Crippen LogP contribution in [-0.2, 0) is 4.79 Å². The van der Waals surface area contributed by atoms with Crippen LogP contribution in [0.2, 0.25) is 0 Å². The van der Waals surface area contributed by atoms with Crippen molar-refractivity contribution in [2.75, 3.05) is 6.61 Å². The second-order valence-corrected chi connectivity index (χ2v) is 5.48. The molecule has 0 heterocycles. The summed E-state index contributed by atoms with van der Waals surface area (Å²) in [4.78, 5) is 11.6. The lowest BCUT2D eigenvalue weighted by Gasteiger charge is -2.25. The zero-order valence-electron chi connectivity index (χ0n) is 11.2. The van der Waals surface area contributed by atoms with Crippen molar-refractivity contribution >= 4 is 16.7 Å². The molecule has 1 aliphatic rings. The zero-order valence-corrected chi connectivity index (χ0v) is 11.2. The molecule has 3 rings (SSSR count). The number of primary amides is 1. The monoisotopic (exact) mass is 270 g/mol. The Labute approximate surface area is 117 Å². The summed E-state index contributed by atoms with van der Waals surface area (Å²) in [6.07, 6.45) is 1.89. The van der Waals surface area contributed by atoms with E-state index in [0.717, 1.165) is 23.6 Å². The van der Waals surface area contributed by atoms with Crippen LogP contribution in [0, 0.1) is 5.92 Å². The molecule has 2 aromatic carbocycles. The fraction of sp³-hybridized carbons (Fsp3) is 0.312. The average Bonchev–Trinajstić information content (AvgIpc) is 3.29. The molecule has 4 nitrogen and oxygen atoms in total. The standard InChI is InChI=1S/C16H18N2O2/c17-15(19)16(18,13-6-7-13)10-20-14-8-5-11-3-1-2-4-12(11)9-14/h1-5,8-9,13H,6-7,10,18H2,(H2,17,19). The molecular formula is C16H18N2O2. The average molecular weight is 270 g/mol. The van der Waals surface area contributed by atoms with Crippen molar-refractivity contribution in [1.29, 1.82) is 0 Å². The topological polar surface area (TPSA) is 78.3 Å². The van der Waals surface area contributed by atoms with Crippen LogP contribution < -0.4 is 16.2 Å². The number of rotatable bonds is 5. The summed E-state index contributed by atoms with van der Waals surface area (Å²) in [6, 6.07) is 13.9. The molecular weight excluding hydrogens is 252 g/mol. The predicted molar refractivity (Wildman–Crippen MR) is 78.3 cm³/mol. The van der Waals surface area contributed by atoms with Gasteiger partial charge < -0.3 is 16.2 Å². The maximum Gasteiger partial charge on any atom is 0.241 e. The van der Waals surface area contributed by atoms with Crippen LogP contribution in [0.3, 0.4) is 0 Å². The number of amides is 1. The molecule has 1 unspecified atom stereocenters. The number of hydrogen-bond acceptors (Lipinski definition) is 3. The molecule has 0 aliphatic heterocycles. The first-order valence-electron chi connectivity index (χ1n) is 6.80. The summed E-state index contributed by atoms with van der Waals surface area (Å²) in [6.45, 7) is 0.130. The van der Waals surface area contributed by atoms with E-state index in [0.29, 0.717) is 5.75 Å². The minimum atomic E-state index is -1.05. The lowest BCUT2D eigenvalue weighted by atomic mass is 9.95. The fourth-order valence-electron chi connectivity index (χ4n) is 2.45. The van der Waals surface area contributed by atoms with Crippen molar-refractivity contribution in [2.24, 2.45) is 17.4 Å². The maximum absolute atomic E-state index is 11.6. The quantitative estimate of drug-likeness (QED) is 0.869. The van der Waals surface area contributed by atoms with Crippen LogP contribution in [0.4, 0.5) is 0 Å². The van der Waals surface area contributed by atoms with Crippen molar-refractivity contribution in [2.45, 2.75) is 18.4 Å². The Kier molecular flexibility index (Phi) is 3.10. The normalized spacial score (nSPS) is 17.6. The largest absolute Gasteiger partial charge is 0.491 e. The highest BCUT2D eigenvalue weighted by molar-refractivity contribution is 5.86. The van der Waals surface area contributed by atoms with Gasteiger partial charge in [0, 0.05) is 0 Å². The molecule has 1 saturated carbocycles. The number of benzene rings is 2. The van der Waals surface area contributed by atoms with Gasteiger partial charge >= 0.3 is 0 Å². The Balaban J connectivity index is 1.77. The molecule has 104 valence electrons. The van der Waals surface area contributed by atoms with Gasteiger partial charge in [-0.25, -0.2) is 0 Å². The molecule has 0 bridgehead atoms. The molecule has 1 amide bonds. The minimum Gasteiger partial charge on any atom is -0.491 e. The molecule has 1 atom stereocenters. The van der Waals surface area contributed by atoms with E-state index in [9.17, 15) is 4.79 Å². The summed E-state index contributed by atoms with van der Waals surface area (Å²) in [5.74, 6) is 0.377. The first-order valence-corrected chi connectivity index (χ1v) is 6.80. The van der Waals surface area contributed by atoms with E-state index in [-0.39, 0.29) is 12.5 Å². The molecule has 0 aromatic heterocycles. The summed E-state index contributed by atoms with van der Waals surface area (Å²) >= 11 is 0. The van der Waals surface area contributed by atoms with Crippen LogP contribution in [0.5, 0.6) is 5.75 Å². The molecule has 0 radical (unpaired) electrons. The van der Waals surface area contributed by atoms with Gasteiger partial charge in [-0.05, 0) is 41.7 Å². The van der Waals surface area contributed by atoms with Crippen molar-refractivity contribution in [3.8, 4) is 5.75 Å². The van der Waals surface area contributed by atoms with Gasteiger partial charge in [-0.3, -0.25) is 4.79 Å². The van der Waals surface area contributed by atoms with Crippen LogP contribution >= 0.6 is 0 Å². The van der Waals surface area contributed by atoms with E-state index in [1.54, 1.807) is 0 Å². The van der Waals surface area contributed by atoms with Gasteiger partial charge in [0.05, 0.1) is 0 Å². The van der Waals surface area contributed by atoms with E-state index in [4.69, 9.17) is 16.2 Å². The molecule has 4 N–H and O–H groups in total. The lowest BCUT2D eigenvalue weighted by molar-refractivity contribution is -0.125. The van der Waals surface area contributed by atoms with Crippen LogP contribution in [0.15, 0.2) is 42.5 Å². The minimum absolute atomic E-state index is 0.130. The van der Waals surface area contributed by atoms with E-state index in [1.807, 2.05) is 42.5 Å². The van der Waals surface area contributed by atoms with Gasteiger partial charge in [0.15, 0.2) is 0 Å². The number of ether oxygens (including phenoxy) is 1. The molecule has 2 aromatic rings. The molecule has 1 aliphatic carbocycles. The predicted octanol–water partition coefficient (Wildman–Crippen LogP) is 1.81. The van der Waals surface area contributed by atoms with Crippen molar-refractivity contribution in [1.82, 2.24) is 0 Å². The number of carbonyl (C=O) groups is 1. The van der Waals surface area contributed by atoms with Gasteiger partial charge in [-0.1, -0.05) is 30.3 Å². The van der Waals surface area contributed by atoms with Crippen LogP contribution in [-0.4, -0.2) is 18.1 Å². The number of carbonyl (C=O) groups excluding carboxylic acids is 1. The van der Waals surface area contributed by atoms with E-state index >= 15 is 0 Å². The highest BCUT2D eigenvalue weighted by Crippen LogP contribution is 2.38. The first kappa shape index (κ1) is 12.9. The number of fused-ring (bicyclic) bond motifs is 1. The third kappa shape index (κ3) is 2.34. The third-order valence-electron chi connectivity index (χ3n) is 3.96. The van der Waals surface area contributed by atoms with Crippen molar-refractivity contribution in [3.63, 3.8) is 0 Å². The van der Waals surface area contributed by atoms with E-state index in [1.165, 1.54) is 0 Å². The van der Waals surface area contributed by atoms with Gasteiger partial charge in [0.2, 0.25) is 5.91 Å². The van der Waals surface area contributed by atoms with Gasteiger partial charge in [-0.15, -0.1) is 0 Å². The zero-order chi connectivity index (χ0) is 14.2. The van der Waals surface area contributed by atoms with Gasteiger partial charge in [0.25, 0.3) is 0 Å². The van der Waals surface area contributed by atoms with E-state index < -0.39 is 11.4 Å². The van der Waals surface area contributed by atoms with E-state index in [2.05, 4.69) is 0 Å².